The molecule has 112 valence electrons. The van der Waals surface area contributed by atoms with Gasteiger partial charge in [0.25, 0.3) is 0 Å². The van der Waals surface area contributed by atoms with Crippen LogP contribution >= 0.6 is 23.8 Å². The van der Waals surface area contributed by atoms with E-state index < -0.39 is 12.0 Å². The molecule has 1 atom stereocenters. The summed E-state index contributed by atoms with van der Waals surface area (Å²) in [7, 11) is 2.89. The van der Waals surface area contributed by atoms with E-state index in [1.165, 1.54) is 7.11 Å². The van der Waals surface area contributed by atoms with Crippen molar-refractivity contribution in [3.05, 3.63) is 46.1 Å². The molecule has 0 amide bonds. The third-order valence-corrected chi connectivity index (χ3v) is 3.52. The van der Waals surface area contributed by atoms with Crippen molar-refractivity contribution in [1.29, 1.82) is 0 Å². The lowest BCUT2D eigenvalue weighted by Gasteiger charge is -2.30. The Kier molecular flexibility index (Phi) is 5.17. The average molecular weight is 327 g/mol. The fraction of sp³-hybridized carbons (Fsp3) is 0.286. The number of halogens is 1. The van der Waals surface area contributed by atoms with Gasteiger partial charge in [-0.1, -0.05) is 23.7 Å². The van der Waals surface area contributed by atoms with Gasteiger partial charge in [0.1, 0.15) is 0 Å². The third kappa shape index (κ3) is 3.53. The molecule has 0 bridgehead atoms. The molecule has 1 aromatic carbocycles. The fourth-order valence-electron chi connectivity index (χ4n) is 2.13. The highest BCUT2D eigenvalue weighted by Crippen LogP contribution is 2.28. The van der Waals surface area contributed by atoms with Gasteiger partial charge in [-0.15, -0.1) is 0 Å². The molecule has 1 aliphatic heterocycles. The smallest absolute Gasteiger partial charge is 0.338 e. The SMILES string of the molecule is COCC1=C(C(=O)OC)[C@@H](c2ccc(Cl)cc2)NC(=S)N1. The molecule has 0 aromatic heterocycles. The van der Waals surface area contributed by atoms with E-state index in [-0.39, 0.29) is 6.61 Å². The van der Waals surface area contributed by atoms with Crippen LogP contribution in [0, 0.1) is 0 Å². The molecule has 7 heteroatoms. The number of methoxy groups -OCH3 is 2. The predicted molar refractivity (Wildman–Crippen MR) is 84.0 cm³/mol. The average Bonchev–Trinajstić information content (AvgIpc) is 2.47. The number of rotatable bonds is 4. The monoisotopic (exact) mass is 326 g/mol. The molecule has 1 heterocycles. The normalized spacial score (nSPS) is 18.0. The lowest BCUT2D eigenvalue weighted by atomic mass is 9.95. The van der Waals surface area contributed by atoms with Crippen molar-refractivity contribution in [3.8, 4) is 0 Å². The molecule has 2 rings (SSSR count). The summed E-state index contributed by atoms with van der Waals surface area (Å²) in [5, 5.41) is 7.06. The molecule has 0 unspecified atom stereocenters. The first kappa shape index (κ1) is 15.8. The first-order chi connectivity index (χ1) is 10.1. The fourth-order valence-corrected chi connectivity index (χ4v) is 2.50. The van der Waals surface area contributed by atoms with Crippen LogP contribution in [0.3, 0.4) is 0 Å². The predicted octanol–water partition coefficient (Wildman–Crippen LogP) is 1.93. The van der Waals surface area contributed by atoms with Gasteiger partial charge in [0.05, 0.1) is 31.0 Å². The van der Waals surface area contributed by atoms with Crippen molar-refractivity contribution in [1.82, 2.24) is 10.6 Å². The minimum atomic E-state index is -0.440. The Balaban J connectivity index is 2.49. The number of hydrogen-bond donors (Lipinski definition) is 2. The van der Waals surface area contributed by atoms with Crippen molar-refractivity contribution in [3.63, 3.8) is 0 Å². The van der Waals surface area contributed by atoms with E-state index in [1.54, 1.807) is 19.2 Å². The number of nitrogens with one attached hydrogen (secondary N) is 2. The summed E-state index contributed by atoms with van der Waals surface area (Å²) >= 11 is 11.1. The topological polar surface area (TPSA) is 59.6 Å². The van der Waals surface area contributed by atoms with Gasteiger partial charge >= 0.3 is 5.97 Å². The maximum atomic E-state index is 12.1. The van der Waals surface area contributed by atoms with Crippen molar-refractivity contribution < 1.29 is 14.3 Å². The Labute approximate surface area is 133 Å². The Morgan fingerprint density at radius 3 is 2.57 bits per heavy atom. The van der Waals surface area contributed by atoms with E-state index in [9.17, 15) is 4.79 Å². The number of esters is 1. The summed E-state index contributed by atoms with van der Waals surface area (Å²) in [4.78, 5) is 12.1. The molecule has 5 nitrogen and oxygen atoms in total. The first-order valence-corrected chi connectivity index (χ1v) is 6.98. The maximum absolute atomic E-state index is 12.1. The quantitative estimate of drug-likeness (QED) is 0.651. The first-order valence-electron chi connectivity index (χ1n) is 6.20. The molecule has 0 radical (unpaired) electrons. The zero-order valence-corrected chi connectivity index (χ0v) is 13.2. The highest BCUT2D eigenvalue weighted by molar-refractivity contribution is 7.80. The number of carbonyl (C=O) groups is 1. The zero-order chi connectivity index (χ0) is 15.4. The molecule has 21 heavy (non-hydrogen) atoms. The summed E-state index contributed by atoms with van der Waals surface area (Å²) < 4.78 is 10.00. The minimum absolute atomic E-state index is 0.232. The number of ether oxygens (including phenoxy) is 2. The van der Waals surface area contributed by atoms with Gasteiger partial charge in [0.15, 0.2) is 5.11 Å². The lowest BCUT2D eigenvalue weighted by Crippen LogP contribution is -2.46. The molecule has 0 spiro atoms. The Morgan fingerprint density at radius 1 is 1.33 bits per heavy atom. The Morgan fingerprint density at radius 2 is 2.00 bits per heavy atom. The van der Waals surface area contributed by atoms with Gasteiger partial charge in [-0.25, -0.2) is 4.79 Å². The molecule has 0 saturated heterocycles. The lowest BCUT2D eigenvalue weighted by molar-refractivity contribution is -0.136. The number of carbonyl (C=O) groups excluding carboxylic acids is 1. The van der Waals surface area contributed by atoms with Gasteiger partial charge in [0.2, 0.25) is 0 Å². The Hall–Kier alpha value is -1.63. The maximum Gasteiger partial charge on any atom is 0.338 e. The van der Waals surface area contributed by atoms with E-state index in [0.717, 1.165) is 5.56 Å². The second-order valence-corrected chi connectivity index (χ2v) is 5.24. The van der Waals surface area contributed by atoms with Crippen molar-refractivity contribution in [2.24, 2.45) is 0 Å². The molecular weight excluding hydrogens is 312 g/mol. The van der Waals surface area contributed by atoms with Crippen LogP contribution in [-0.2, 0) is 14.3 Å². The van der Waals surface area contributed by atoms with Crippen LogP contribution in [0.5, 0.6) is 0 Å². The molecule has 1 aromatic rings. The highest BCUT2D eigenvalue weighted by atomic mass is 35.5. The molecule has 0 saturated carbocycles. The van der Waals surface area contributed by atoms with E-state index >= 15 is 0 Å². The second-order valence-electron chi connectivity index (χ2n) is 4.40. The van der Waals surface area contributed by atoms with E-state index in [2.05, 4.69) is 10.6 Å². The molecule has 1 aliphatic rings. The summed E-state index contributed by atoms with van der Waals surface area (Å²) in [6, 6.07) is 6.78. The van der Waals surface area contributed by atoms with Crippen LogP contribution in [-0.4, -0.2) is 31.9 Å². The van der Waals surface area contributed by atoms with Gasteiger partial charge in [0, 0.05) is 12.1 Å². The molecular formula is C14H15ClN2O3S. The van der Waals surface area contributed by atoms with Crippen LogP contribution in [0.1, 0.15) is 11.6 Å². The van der Waals surface area contributed by atoms with Gasteiger partial charge < -0.3 is 20.1 Å². The number of benzene rings is 1. The standard InChI is InChI=1S/C14H15ClN2O3S/c1-19-7-10-11(13(18)20-2)12(17-14(21)16-10)8-3-5-9(15)6-4-8/h3-6,12H,7H2,1-2H3,(H2,16,17,21)/t12-/m1/s1. The van der Waals surface area contributed by atoms with Gasteiger partial charge in [-0.05, 0) is 29.9 Å². The summed E-state index contributed by atoms with van der Waals surface area (Å²) in [5.74, 6) is -0.440. The van der Waals surface area contributed by atoms with Crippen LogP contribution in [0.15, 0.2) is 35.5 Å². The van der Waals surface area contributed by atoms with Crippen molar-refractivity contribution in [2.45, 2.75) is 6.04 Å². The summed E-state index contributed by atoms with van der Waals surface area (Å²) in [6.07, 6.45) is 0. The van der Waals surface area contributed by atoms with Crippen LogP contribution < -0.4 is 10.6 Å². The molecule has 2 N–H and O–H groups in total. The minimum Gasteiger partial charge on any atom is -0.466 e. The van der Waals surface area contributed by atoms with Crippen LogP contribution in [0.2, 0.25) is 5.02 Å². The second kappa shape index (κ2) is 6.89. The largest absolute Gasteiger partial charge is 0.466 e. The molecule has 0 fully saturated rings. The van der Waals surface area contributed by atoms with Crippen molar-refractivity contribution in [2.75, 3.05) is 20.8 Å². The van der Waals surface area contributed by atoms with E-state index in [0.29, 0.717) is 21.4 Å². The van der Waals surface area contributed by atoms with Crippen molar-refractivity contribution >= 4 is 34.9 Å². The van der Waals surface area contributed by atoms with E-state index in [4.69, 9.17) is 33.3 Å². The van der Waals surface area contributed by atoms with Gasteiger partial charge in [-0.2, -0.15) is 0 Å². The highest BCUT2D eigenvalue weighted by Gasteiger charge is 2.31. The number of thiocarbonyl (C=S) groups is 1. The van der Waals surface area contributed by atoms with Gasteiger partial charge in [-0.3, -0.25) is 0 Å². The van der Waals surface area contributed by atoms with Crippen LogP contribution in [0.4, 0.5) is 0 Å². The Bertz CT molecular complexity index is 586. The van der Waals surface area contributed by atoms with Crippen LogP contribution in [0.25, 0.3) is 0 Å². The number of hydrogen-bond acceptors (Lipinski definition) is 4. The van der Waals surface area contributed by atoms with E-state index in [1.807, 2.05) is 12.1 Å². The third-order valence-electron chi connectivity index (χ3n) is 3.05. The summed E-state index contributed by atoms with van der Waals surface area (Å²) in [6.45, 7) is 0.232. The zero-order valence-electron chi connectivity index (χ0n) is 11.6. The molecule has 0 aliphatic carbocycles. The summed E-state index contributed by atoms with van der Waals surface area (Å²) in [5.41, 5.74) is 1.89.